The molecule has 0 heterocycles. The number of hydrogen-bond donors (Lipinski definition) is 2. The zero-order valence-corrected chi connectivity index (χ0v) is 16.6. The van der Waals surface area contributed by atoms with Gasteiger partial charge in [-0.05, 0) is 38.8 Å². The Morgan fingerprint density at radius 1 is 1.19 bits per heavy atom. The van der Waals surface area contributed by atoms with Crippen LogP contribution in [0.2, 0.25) is 0 Å². The lowest BCUT2D eigenvalue weighted by molar-refractivity contribution is -0.143. The molecule has 27 heavy (non-hydrogen) atoms. The lowest BCUT2D eigenvalue weighted by atomic mass is 10.1. The van der Waals surface area contributed by atoms with Gasteiger partial charge in [-0.25, -0.2) is 4.39 Å². The molecule has 7 heteroatoms. The number of nitrogens with zero attached hydrogens (tertiary/aromatic N) is 1. The molecule has 0 aliphatic heterocycles. The first-order valence-corrected chi connectivity index (χ1v) is 9.58. The predicted octanol–water partition coefficient (Wildman–Crippen LogP) is 3.27. The van der Waals surface area contributed by atoms with E-state index in [1.54, 1.807) is 25.2 Å². The van der Waals surface area contributed by atoms with Crippen LogP contribution in [0.15, 0.2) is 29.3 Å². The first-order chi connectivity index (χ1) is 13.1. The van der Waals surface area contributed by atoms with E-state index in [4.69, 9.17) is 9.47 Å². The monoisotopic (exact) mass is 381 g/mol. The number of carbonyl (C=O) groups is 1. The maximum Gasteiger partial charge on any atom is 0.305 e. The van der Waals surface area contributed by atoms with Crippen molar-refractivity contribution in [1.29, 1.82) is 0 Å². The number of benzene rings is 1. The third kappa shape index (κ3) is 10.4. The van der Waals surface area contributed by atoms with Crippen molar-refractivity contribution in [2.75, 3.05) is 26.7 Å². The van der Waals surface area contributed by atoms with Gasteiger partial charge in [0.25, 0.3) is 0 Å². The second kappa shape index (κ2) is 13.8. The van der Waals surface area contributed by atoms with Crippen LogP contribution in [0.4, 0.5) is 4.39 Å². The SMILES string of the molecule is CCOC(=O)CCCCCCNC(=NC)NCC(C)Oc1ccccc1F. The number of para-hydroxylation sites is 1. The molecule has 0 saturated heterocycles. The van der Waals surface area contributed by atoms with E-state index in [2.05, 4.69) is 15.6 Å². The molecule has 0 amide bonds. The van der Waals surface area contributed by atoms with Crippen LogP contribution in [0.1, 0.15) is 46.0 Å². The number of guanidine groups is 1. The topological polar surface area (TPSA) is 72.0 Å². The number of hydrogen-bond acceptors (Lipinski definition) is 4. The van der Waals surface area contributed by atoms with Crippen LogP contribution in [-0.4, -0.2) is 44.8 Å². The predicted molar refractivity (Wildman–Crippen MR) is 106 cm³/mol. The van der Waals surface area contributed by atoms with E-state index in [0.717, 1.165) is 32.2 Å². The molecule has 6 nitrogen and oxygen atoms in total. The Kier molecular flexibility index (Phi) is 11.6. The van der Waals surface area contributed by atoms with Crippen LogP contribution in [0.3, 0.4) is 0 Å². The van der Waals surface area contributed by atoms with Crippen molar-refractivity contribution in [2.45, 2.75) is 52.1 Å². The Morgan fingerprint density at radius 2 is 1.93 bits per heavy atom. The fraction of sp³-hybridized carbons (Fsp3) is 0.600. The number of nitrogens with one attached hydrogen (secondary N) is 2. The van der Waals surface area contributed by atoms with Crippen molar-refractivity contribution >= 4 is 11.9 Å². The van der Waals surface area contributed by atoms with E-state index in [1.807, 2.05) is 13.8 Å². The highest BCUT2D eigenvalue weighted by molar-refractivity contribution is 5.79. The largest absolute Gasteiger partial charge is 0.486 e. The summed E-state index contributed by atoms with van der Waals surface area (Å²) in [6, 6.07) is 6.36. The minimum atomic E-state index is -0.366. The number of ether oxygens (including phenoxy) is 2. The Labute approximate surface area is 161 Å². The maximum absolute atomic E-state index is 13.6. The lowest BCUT2D eigenvalue weighted by Crippen LogP contribution is -2.42. The van der Waals surface area contributed by atoms with Gasteiger partial charge in [0.15, 0.2) is 17.5 Å². The van der Waals surface area contributed by atoms with Gasteiger partial charge < -0.3 is 20.1 Å². The zero-order chi connectivity index (χ0) is 19.9. The number of carbonyl (C=O) groups excluding carboxylic acids is 1. The molecule has 1 atom stereocenters. The van der Waals surface area contributed by atoms with E-state index in [-0.39, 0.29) is 23.6 Å². The Hall–Kier alpha value is -2.31. The van der Waals surface area contributed by atoms with E-state index in [0.29, 0.717) is 25.5 Å². The first-order valence-electron chi connectivity index (χ1n) is 9.58. The average Bonchev–Trinajstić information content (AvgIpc) is 2.65. The summed E-state index contributed by atoms with van der Waals surface area (Å²) in [6.07, 6.45) is 4.17. The summed E-state index contributed by atoms with van der Waals surface area (Å²) in [5.74, 6) is 0.449. The van der Waals surface area contributed by atoms with Crippen molar-refractivity contribution < 1.29 is 18.7 Å². The molecule has 0 saturated carbocycles. The molecule has 2 N–H and O–H groups in total. The molecule has 1 aromatic rings. The van der Waals surface area contributed by atoms with Crippen molar-refractivity contribution in [1.82, 2.24) is 10.6 Å². The van der Waals surface area contributed by atoms with Gasteiger partial charge in [-0.1, -0.05) is 25.0 Å². The number of rotatable bonds is 12. The second-order valence-corrected chi connectivity index (χ2v) is 6.21. The summed E-state index contributed by atoms with van der Waals surface area (Å²) >= 11 is 0. The molecule has 1 unspecified atom stereocenters. The highest BCUT2D eigenvalue weighted by atomic mass is 19.1. The van der Waals surface area contributed by atoms with Gasteiger partial charge in [-0.3, -0.25) is 9.79 Å². The zero-order valence-electron chi connectivity index (χ0n) is 16.6. The maximum atomic E-state index is 13.6. The fourth-order valence-electron chi connectivity index (χ4n) is 2.45. The van der Waals surface area contributed by atoms with Gasteiger partial charge in [0.1, 0.15) is 6.10 Å². The smallest absolute Gasteiger partial charge is 0.305 e. The quantitative estimate of drug-likeness (QED) is 0.252. The lowest BCUT2D eigenvalue weighted by Gasteiger charge is -2.18. The van der Waals surface area contributed by atoms with Gasteiger partial charge in [-0.15, -0.1) is 0 Å². The van der Waals surface area contributed by atoms with Crippen LogP contribution in [-0.2, 0) is 9.53 Å². The van der Waals surface area contributed by atoms with Crippen LogP contribution >= 0.6 is 0 Å². The normalized spacial score (nSPS) is 12.4. The van der Waals surface area contributed by atoms with E-state index < -0.39 is 0 Å². The summed E-state index contributed by atoms with van der Waals surface area (Å²) in [7, 11) is 1.71. The van der Waals surface area contributed by atoms with Crippen molar-refractivity contribution in [2.24, 2.45) is 4.99 Å². The highest BCUT2D eigenvalue weighted by Gasteiger charge is 2.08. The molecule has 1 aromatic carbocycles. The van der Waals surface area contributed by atoms with Crippen molar-refractivity contribution in [3.63, 3.8) is 0 Å². The summed E-state index contributed by atoms with van der Waals surface area (Å²) in [6.45, 7) is 5.43. The van der Waals surface area contributed by atoms with Gasteiger partial charge in [0, 0.05) is 20.0 Å². The molecular formula is C20H32FN3O3. The number of halogens is 1. The van der Waals surface area contributed by atoms with Gasteiger partial charge in [0.05, 0.1) is 13.2 Å². The number of aliphatic imine (C=N–C) groups is 1. The van der Waals surface area contributed by atoms with Crippen LogP contribution in [0.5, 0.6) is 5.75 Å². The van der Waals surface area contributed by atoms with Gasteiger partial charge in [-0.2, -0.15) is 0 Å². The summed E-state index contributed by atoms with van der Waals surface area (Å²) in [4.78, 5) is 15.4. The molecule has 152 valence electrons. The van der Waals surface area contributed by atoms with Crippen molar-refractivity contribution in [3.05, 3.63) is 30.1 Å². The minimum absolute atomic E-state index is 0.119. The Morgan fingerprint density at radius 3 is 2.63 bits per heavy atom. The highest BCUT2D eigenvalue weighted by Crippen LogP contribution is 2.16. The minimum Gasteiger partial charge on any atom is -0.486 e. The van der Waals surface area contributed by atoms with Crippen LogP contribution in [0.25, 0.3) is 0 Å². The summed E-state index contributed by atoms with van der Waals surface area (Å²) in [5, 5.41) is 6.41. The summed E-state index contributed by atoms with van der Waals surface area (Å²) in [5.41, 5.74) is 0. The van der Waals surface area contributed by atoms with Gasteiger partial charge in [0.2, 0.25) is 0 Å². The third-order valence-corrected chi connectivity index (χ3v) is 3.85. The Bertz CT molecular complexity index is 581. The molecule has 1 rings (SSSR count). The van der Waals surface area contributed by atoms with E-state index in [9.17, 15) is 9.18 Å². The molecule has 0 radical (unpaired) electrons. The standard InChI is InChI=1S/C20H32FN3O3/c1-4-26-19(25)13-7-5-6-10-14-23-20(22-3)24-15-16(2)27-18-12-9-8-11-17(18)21/h8-9,11-12,16H,4-7,10,13-15H2,1-3H3,(H2,22,23,24). The van der Waals surface area contributed by atoms with Gasteiger partial charge >= 0.3 is 5.97 Å². The number of esters is 1. The fourth-order valence-corrected chi connectivity index (χ4v) is 2.45. The van der Waals surface area contributed by atoms with Crippen molar-refractivity contribution in [3.8, 4) is 5.75 Å². The van der Waals surface area contributed by atoms with E-state index in [1.165, 1.54) is 6.07 Å². The molecule has 0 aromatic heterocycles. The van der Waals surface area contributed by atoms with Crippen LogP contribution < -0.4 is 15.4 Å². The van der Waals surface area contributed by atoms with E-state index >= 15 is 0 Å². The third-order valence-electron chi connectivity index (χ3n) is 3.85. The number of unbranched alkanes of at least 4 members (excludes halogenated alkanes) is 3. The molecule has 0 aliphatic carbocycles. The molecular weight excluding hydrogens is 349 g/mol. The molecule has 0 aliphatic rings. The molecule has 0 bridgehead atoms. The average molecular weight is 381 g/mol. The second-order valence-electron chi connectivity index (χ2n) is 6.21. The summed E-state index contributed by atoms with van der Waals surface area (Å²) < 4.78 is 24.1. The molecule has 0 fully saturated rings. The molecule has 0 spiro atoms. The van der Waals surface area contributed by atoms with Crippen LogP contribution in [0, 0.1) is 5.82 Å². The first kappa shape index (κ1) is 22.7. The Balaban J connectivity index is 2.12.